The van der Waals surface area contributed by atoms with Gasteiger partial charge in [0.2, 0.25) is 5.91 Å². The Morgan fingerprint density at radius 1 is 1.40 bits per heavy atom. The normalized spacial score (nSPS) is 19.0. The Morgan fingerprint density at radius 3 is 2.76 bits per heavy atom. The van der Waals surface area contributed by atoms with Gasteiger partial charge in [0.15, 0.2) is 0 Å². The molecule has 25 heavy (non-hydrogen) atoms. The summed E-state index contributed by atoms with van der Waals surface area (Å²) in [6, 6.07) is 4.40. The molecule has 2 unspecified atom stereocenters. The lowest BCUT2D eigenvalue weighted by atomic mass is 10.0. The van der Waals surface area contributed by atoms with Crippen LogP contribution in [-0.4, -0.2) is 21.8 Å². The summed E-state index contributed by atoms with van der Waals surface area (Å²) in [5, 5.41) is 7.55. The lowest BCUT2D eigenvalue weighted by molar-refractivity contribution is -0.121. The molecule has 134 valence electrons. The van der Waals surface area contributed by atoms with Gasteiger partial charge in [0.25, 0.3) is 0 Å². The molecule has 0 saturated carbocycles. The van der Waals surface area contributed by atoms with Crippen molar-refractivity contribution < 1.29 is 13.9 Å². The molecule has 5 nitrogen and oxygen atoms in total. The van der Waals surface area contributed by atoms with Gasteiger partial charge in [-0.25, -0.2) is 4.39 Å². The Morgan fingerprint density at radius 2 is 2.12 bits per heavy atom. The number of hydrogen-bond donors (Lipinski definition) is 1. The van der Waals surface area contributed by atoms with E-state index in [1.807, 2.05) is 25.5 Å². The van der Waals surface area contributed by atoms with Crippen LogP contribution in [0, 0.1) is 19.7 Å². The largest absolute Gasteiger partial charge is 0.488 e. The molecule has 0 radical (unpaired) electrons. The zero-order chi connectivity index (χ0) is 18.3. The molecule has 2 heterocycles. The first-order valence-electron chi connectivity index (χ1n) is 8.58. The molecule has 0 aliphatic carbocycles. The lowest BCUT2D eigenvalue weighted by Crippen LogP contribution is -2.35. The van der Waals surface area contributed by atoms with Crippen molar-refractivity contribution in [1.29, 1.82) is 0 Å². The molecule has 1 aliphatic rings. The monoisotopic (exact) mass is 345 g/mol. The Hall–Kier alpha value is -2.37. The number of carbonyl (C=O) groups is 1. The molecule has 1 amide bonds. The van der Waals surface area contributed by atoms with E-state index in [0.717, 1.165) is 22.5 Å². The van der Waals surface area contributed by atoms with Crippen LogP contribution in [0.3, 0.4) is 0 Å². The van der Waals surface area contributed by atoms with Crippen molar-refractivity contribution in [2.45, 2.75) is 59.2 Å². The van der Waals surface area contributed by atoms with Crippen molar-refractivity contribution in [1.82, 2.24) is 15.1 Å². The Bertz CT molecular complexity index is 813. The van der Waals surface area contributed by atoms with Gasteiger partial charge in [-0.05, 0) is 40.7 Å². The molecule has 0 fully saturated rings. The summed E-state index contributed by atoms with van der Waals surface area (Å²) in [5.41, 5.74) is 3.66. The smallest absolute Gasteiger partial charge is 0.225 e. The molecule has 1 N–H and O–H groups in total. The summed E-state index contributed by atoms with van der Waals surface area (Å²) >= 11 is 0. The highest BCUT2D eigenvalue weighted by Gasteiger charge is 2.33. The van der Waals surface area contributed by atoms with E-state index >= 15 is 0 Å². The van der Waals surface area contributed by atoms with Crippen molar-refractivity contribution in [2.75, 3.05) is 0 Å². The van der Waals surface area contributed by atoms with Crippen LogP contribution < -0.4 is 10.1 Å². The predicted octanol–water partition coefficient (Wildman–Crippen LogP) is 3.40. The molecule has 0 bridgehead atoms. The number of carbonyl (C=O) groups excluding carboxylic acids is 1. The van der Waals surface area contributed by atoms with E-state index in [0.29, 0.717) is 5.75 Å². The second-order valence-corrected chi connectivity index (χ2v) is 6.91. The van der Waals surface area contributed by atoms with Crippen molar-refractivity contribution in [2.24, 2.45) is 0 Å². The van der Waals surface area contributed by atoms with E-state index in [9.17, 15) is 9.18 Å². The quantitative estimate of drug-likeness (QED) is 0.924. The zero-order valence-electron chi connectivity index (χ0n) is 15.3. The molecule has 1 aromatic carbocycles. The Balaban J connectivity index is 1.76. The zero-order valence-corrected chi connectivity index (χ0v) is 15.3. The van der Waals surface area contributed by atoms with Crippen LogP contribution in [0.4, 0.5) is 4.39 Å². The van der Waals surface area contributed by atoms with Crippen molar-refractivity contribution in [3.63, 3.8) is 0 Å². The second kappa shape index (κ2) is 6.50. The third-order valence-electron chi connectivity index (χ3n) is 4.71. The molecule has 3 rings (SSSR count). The minimum atomic E-state index is -0.342. The van der Waals surface area contributed by atoms with Crippen molar-refractivity contribution >= 4 is 5.91 Å². The van der Waals surface area contributed by atoms with Crippen LogP contribution in [0.15, 0.2) is 18.2 Å². The molecular weight excluding hydrogens is 321 g/mol. The number of nitrogens with one attached hydrogen (secondary N) is 1. The molecule has 0 spiro atoms. The molecule has 1 aliphatic heterocycles. The van der Waals surface area contributed by atoms with E-state index in [2.05, 4.69) is 24.3 Å². The summed E-state index contributed by atoms with van der Waals surface area (Å²) < 4.78 is 21.0. The average Bonchev–Trinajstić information content (AvgIpc) is 2.98. The minimum Gasteiger partial charge on any atom is -0.488 e. The highest BCUT2D eigenvalue weighted by molar-refractivity contribution is 5.80. The third-order valence-corrected chi connectivity index (χ3v) is 4.71. The highest BCUT2D eigenvalue weighted by Crippen LogP contribution is 2.37. The molecule has 2 aromatic rings. The standard InChI is InChI=1S/C19H24FN3O2/c1-10(2)23-12(4)16(11(3)22-23)9-18(24)21-19-13(5)25-17-8-14(20)6-7-15(17)19/h6-8,10,13,19H,9H2,1-5H3,(H,21,24). The van der Waals surface area contributed by atoms with E-state index in [4.69, 9.17) is 4.74 Å². The van der Waals surface area contributed by atoms with Gasteiger partial charge >= 0.3 is 0 Å². The number of amides is 1. The van der Waals surface area contributed by atoms with Gasteiger partial charge in [-0.2, -0.15) is 5.10 Å². The lowest BCUT2D eigenvalue weighted by Gasteiger charge is -2.17. The first-order valence-corrected chi connectivity index (χ1v) is 8.58. The second-order valence-electron chi connectivity index (χ2n) is 6.91. The topological polar surface area (TPSA) is 56.2 Å². The number of halogens is 1. The Kier molecular flexibility index (Phi) is 4.54. The highest BCUT2D eigenvalue weighted by atomic mass is 19.1. The SMILES string of the molecule is Cc1nn(C(C)C)c(C)c1CC(=O)NC1c2ccc(F)cc2OC1C. The van der Waals surface area contributed by atoms with E-state index in [1.165, 1.54) is 12.1 Å². The summed E-state index contributed by atoms with van der Waals surface area (Å²) in [7, 11) is 0. The number of aromatic nitrogens is 2. The van der Waals surface area contributed by atoms with Gasteiger partial charge in [0.1, 0.15) is 17.7 Å². The fourth-order valence-electron chi connectivity index (χ4n) is 3.42. The number of nitrogens with zero attached hydrogens (tertiary/aromatic N) is 2. The minimum absolute atomic E-state index is 0.0906. The maximum absolute atomic E-state index is 13.3. The number of benzene rings is 1. The molecule has 6 heteroatoms. The fourth-order valence-corrected chi connectivity index (χ4v) is 3.42. The van der Waals surface area contributed by atoms with Gasteiger partial charge in [-0.1, -0.05) is 6.07 Å². The van der Waals surface area contributed by atoms with Gasteiger partial charge in [-0.3, -0.25) is 9.48 Å². The van der Waals surface area contributed by atoms with Crippen LogP contribution >= 0.6 is 0 Å². The van der Waals surface area contributed by atoms with Crippen LogP contribution in [0.2, 0.25) is 0 Å². The number of ether oxygens (including phenoxy) is 1. The summed E-state index contributed by atoms with van der Waals surface area (Å²) in [4.78, 5) is 12.6. The molecule has 1 aromatic heterocycles. The first-order chi connectivity index (χ1) is 11.8. The number of aryl methyl sites for hydroxylation is 1. The van der Waals surface area contributed by atoms with Crippen molar-refractivity contribution in [3.05, 3.63) is 46.5 Å². The average molecular weight is 345 g/mol. The van der Waals surface area contributed by atoms with E-state index in [-0.39, 0.29) is 36.3 Å². The van der Waals surface area contributed by atoms with Crippen LogP contribution in [0.5, 0.6) is 5.75 Å². The first kappa shape index (κ1) is 17.5. The molecule has 0 saturated heterocycles. The van der Waals surface area contributed by atoms with Crippen LogP contribution in [-0.2, 0) is 11.2 Å². The Labute approximate surface area is 147 Å². The van der Waals surface area contributed by atoms with Crippen molar-refractivity contribution in [3.8, 4) is 5.75 Å². The maximum Gasteiger partial charge on any atom is 0.225 e. The van der Waals surface area contributed by atoms with E-state index in [1.54, 1.807) is 6.07 Å². The summed E-state index contributed by atoms with van der Waals surface area (Å²) in [5.74, 6) is 0.0650. The maximum atomic E-state index is 13.3. The van der Waals surface area contributed by atoms with Crippen LogP contribution in [0.25, 0.3) is 0 Å². The van der Waals surface area contributed by atoms with E-state index < -0.39 is 0 Å². The summed E-state index contributed by atoms with van der Waals surface area (Å²) in [6.45, 7) is 9.92. The number of rotatable bonds is 4. The van der Waals surface area contributed by atoms with Gasteiger partial charge in [-0.15, -0.1) is 0 Å². The number of hydrogen-bond acceptors (Lipinski definition) is 3. The van der Waals surface area contributed by atoms with Gasteiger partial charge < -0.3 is 10.1 Å². The van der Waals surface area contributed by atoms with Gasteiger partial charge in [0.05, 0.1) is 18.2 Å². The molecule has 2 atom stereocenters. The summed E-state index contributed by atoms with van der Waals surface area (Å²) in [6.07, 6.45) is 0.0331. The predicted molar refractivity (Wildman–Crippen MR) is 93.2 cm³/mol. The van der Waals surface area contributed by atoms with Gasteiger partial charge in [0, 0.05) is 28.9 Å². The number of fused-ring (bicyclic) bond motifs is 1. The van der Waals surface area contributed by atoms with Crippen LogP contribution in [0.1, 0.15) is 55.4 Å². The third kappa shape index (κ3) is 3.25. The molecular formula is C19H24FN3O2. The fraction of sp³-hybridized carbons (Fsp3) is 0.474.